The van der Waals surface area contributed by atoms with Gasteiger partial charge in [-0.15, -0.1) is 0 Å². The third kappa shape index (κ3) is 6.15. The number of carbonyl (C=O) groups is 2. The molecule has 0 bridgehead atoms. The lowest BCUT2D eigenvalue weighted by atomic mass is 9.94. The summed E-state index contributed by atoms with van der Waals surface area (Å²) in [7, 11) is 1.67. The van der Waals surface area contributed by atoms with Crippen LogP contribution in [0.5, 0.6) is 5.75 Å². The molecule has 0 aromatic heterocycles. The minimum atomic E-state index is -0.00762. The molecule has 0 atom stereocenters. The van der Waals surface area contributed by atoms with Crippen LogP contribution in [0.15, 0.2) is 60.7 Å². The topological polar surface area (TPSA) is 61.9 Å². The minimum absolute atomic E-state index is 0.00762. The van der Waals surface area contributed by atoms with E-state index in [1.807, 2.05) is 53.4 Å². The second-order valence-corrected chi connectivity index (χ2v) is 8.81. The average Bonchev–Trinajstić information content (AvgIpc) is 2.88. The number of anilines is 1. The Morgan fingerprint density at radius 1 is 0.909 bits per heavy atom. The van der Waals surface area contributed by atoms with Crippen molar-refractivity contribution in [3.05, 3.63) is 66.2 Å². The lowest BCUT2D eigenvalue weighted by Crippen LogP contribution is -2.48. The first-order valence-corrected chi connectivity index (χ1v) is 11.8. The van der Waals surface area contributed by atoms with Crippen LogP contribution in [0.3, 0.4) is 0 Å². The number of hydrogen-bond donors (Lipinski definition) is 1. The number of amides is 2. The van der Waals surface area contributed by atoms with Crippen molar-refractivity contribution >= 4 is 23.6 Å². The summed E-state index contributed by atoms with van der Waals surface area (Å²) in [6.07, 6.45) is 6.81. The fraction of sp³-hybridized carbons (Fsp3) is 0.407. The zero-order valence-electron chi connectivity index (χ0n) is 19.3. The number of hydrogen-bond acceptors (Lipinski definition) is 4. The molecule has 2 aliphatic heterocycles. The van der Waals surface area contributed by atoms with Crippen LogP contribution < -0.4 is 15.0 Å². The van der Waals surface area contributed by atoms with E-state index < -0.39 is 0 Å². The van der Waals surface area contributed by atoms with E-state index in [4.69, 9.17) is 4.74 Å². The highest BCUT2D eigenvalue weighted by molar-refractivity contribution is 5.92. The first-order chi connectivity index (χ1) is 16.1. The molecule has 2 saturated heterocycles. The van der Waals surface area contributed by atoms with Gasteiger partial charge in [-0.1, -0.05) is 30.3 Å². The molecular formula is C27H33N3O3. The number of benzene rings is 2. The number of piperidine rings is 2. The number of nitrogens with zero attached hydrogens (tertiary/aromatic N) is 2. The van der Waals surface area contributed by atoms with E-state index >= 15 is 0 Å². The molecule has 2 aromatic carbocycles. The monoisotopic (exact) mass is 447 g/mol. The summed E-state index contributed by atoms with van der Waals surface area (Å²) in [5.74, 6) is 1.01. The van der Waals surface area contributed by atoms with Gasteiger partial charge in [0.05, 0.1) is 7.11 Å². The number of ether oxygens (including phenoxy) is 1. The molecule has 0 saturated carbocycles. The van der Waals surface area contributed by atoms with Crippen molar-refractivity contribution in [3.8, 4) is 5.75 Å². The Labute approximate surface area is 196 Å². The maximum atomic E-state index is 12.8. The predicted octanol–water partition coefficient (Wildman–Crippen LogP) is 3.73. The summed E-state index contributed by atoms with van der Waals surface area (Å²) >= 11 is 0. The molecule has 0 unspecified atom stereocenters. The van der Waals surface area contributed by atoms with E-state index in [0.29, 0.717) is 13.1 Å². The molecule has 174 valence electrons. The molecule has 6 heteroatoms. The molecular weight excluding hydrogens is 414 g/mol. The van der Waals surface area contributed by atoms with Gasteiger partial charge in [0.25, 0.3) is 0 Å². The van der Waals surface area contributed by atoms with Crippen molar-refractivity contribution in [2.24, 2.45) is 5.92 Å². The second kappa shape index (κ2) is 11.0. The van der Waals surface area contributed by atoms with E-state index in [9.17, 15) is 9.59 Å². The van der Waals surface area contributed by atoms with Crippen molar-refractivity contribution in [1.82, 2.24) is 10.2 Å². The van der Waals surface area contributed by atoms with E-state index in [2.05, 4.69) is 22.3 Å². The van der Waals surface area contributed by atoms with Crippen LogP contribution in [-0.4, -0.2) is 56.0 Å². The highest BCUT2D eigenvalue weighted by Gasteiger charge is 2.29. The summed E-state index contributed by atoms with van der Waals surface area (Å²) < 4.78 is 5.23. The molecule has 6 nitrogen and oxygen atoms in total. The van der Waals surface area contributed by atoms with Crippen molar-refractivity contribution in [1.29, 1.82) is 0 Å². The van der Waals surface area contributed by atoms with Crippen LogP contribution in [0.1, 0.15) is 31.2 Å². The van der Waals surface area contributed by atoms with Gasteiger partial charge >= 0.3 is 0 Å². The lowest BCUT2D eigenvalue weighted by molar-refractivity contribution is -0.132. The first kappa shape index (κ1) is 22.9. The Bertz CT molecular complexity index is 942. The van der Waals surface area contributed by atoms with E-state index in [1.54, 1.807) is 13.2 Å². The van der Waals surface area contributed by atoms with Crippen molar-refractivity contribution in [3.63, 3.8) is 0 Å². The van der Waals surface area contributed by atoms with E-state index in [1.165, 1.54) is 5.69 Å². The highest BCUT2D eigenvalue weighted by atomic mass is 16.5. The van der Waals surface area contributed by atoms with Gasteiger partial charge in [0.15, 0.2) is 0 Å². The van der Waals surface area contributed by atoms with E-state index in [-0.39, 0.29) is 23.8 Å². The lowest BCUT2D eigenvalue weighted by Gasteiger charge is -2.36. The van der Waals surface area contributed by atoms with Crippen LogP contribution in [0.2, 0.25) is 0 Å². The maximum Gasteiger partial charge on any atom is 0.246 e. The molecule has 2 fully saturated rings. The average molecular weight is 448 g/mol. The van der Waals surface area contributed by atoms with Crippen molar-refractivity contribution < 1.29 is 14.3 Å². The minimum Gasteiger partial charge on any atom is -0.497 e. The highest BCUT2D eigenvalue weighted by Crippen LogP contribution is 2.24. The smallest absolute Gasteiger partial charge is 0.246 e. The van der Waals surface area contributed by atoms with Gasteiger partial charge in [-0.3, -0.25) is 9.59 Å². The molecule has 2 amide bonds. The van der Waals surface area contributed by atoms with Crippen LogP contribution in [0, 0.1) is 5.92 Å². The van der Waals surface area contributed by atoms with Crippen LogP contribution >= 0.6 is 0 Å². The molecule has 2 aliphatic rings. The Balaban J connectivity index is 1.19. The summed E-state index contributed by atoms with van der Waals surface area (Å²) in [6.45, 7) is 3.12. The molecule has 2 aromatic rings. The number of rotatable bonds is 6. The Morgan fingerprint density at radius 2 is 1.58 bits per heavy atom. The van der Waals surface area contributed by atoms with Crippen LogP contribution in [0.25, 0.3) is 6.08 Å². The van der Waals surface area contributed by atoms with Gasteiger partial charge in [-0.25, -0.2) is 0 Å². The van der Waals surface area contributed by atoms with Gasteiger partial charge in [0.1, 0.15) is 5.75 Å². The van der Waals surface area contributed by atoms with Crippen molar-refractivity contribution in [2.45, 2.75) is 31.7 Å². The molecule has 1 N–H and O–H groups in total. The fourth-order valence-corrected chi connectivity index (χ4v) is 4.59. The Kier molecular flexibility index (Phi) is 7.66. The summed E-state index contributed by atoms with van der Waals surface area (Å²) in [4.78, 5) is 29.5. The Morgan fingerprint density at radius 3 is 2.21 bits per heavy atom. The molecule has 4 rings (SSSR count). The van der Waals surface area contributed by atoms with Gasteiger partial charge in [0, 0.05) is 49.9 Å². The fourth-order valence-electron chi connectivity index (χ4n) is 4.59. The van der Waals surface area contributed by atoms with Gasteiger partial charge < -0.3 is 19.9 Å². The molecule has 33 heavy (non-hydrogen) atoms. The number of likely N-dealkylation sites (tertiary alicyclic amines) is 1. The van der Waals surface area contributed by atoms with E-state index in [0.717, 1.165) is 50.1 Å². The summed E-state index contributed by atoms with van der Waals surface area (Å²) in [5.41, 5.74) is 2.21. The normalized spacial score (nSPS) is 17.8. The SMILES string of the molecule is COc1ccc(N2CCC(NC(=O)C3CCN(C(=O)/C=C/c4ccccc4)CC3)CC2)cc1. The number of carbonyl (C=O) groups excluding carboxylic acids is 2. The third-order valence-corrected chi connectivity index (χ3v) is 6.67. The zero-order chi connectivity index (χ0) is 23.0. The van der Waals surface area contributed by atoms with Gasteiger partial charge in [0.2, 0.25) is 11.8 Å². The Hall–Kier alpha value is -3.28. The number of nitrogens with one attached hydrogen (secondary N) is 1. The second-order valence-electron chi connectivity index (χ2n) is 8.81. The third-order valence-electron chi connectivity index (χ3n) is 6.67. The maximum absolute atomic E-state index is 12.8. The molecule has 0 spiro atoms. The quantitative estimate of drug-likeness (QED) is 0.686. The van der Waals surface area contributed by atoms with Gasteiger partial charge in [-0.2, -0.15) is 0 Å². The molecule has 0 radical (unpaired) electrons. The number of methoxy groups -OCH3 is 1. The zero-order valence-corrected chi connectivity index (χ0v) is 19.3. The molecule has 0 aliphatic carbocycles. The summed E-state index contributed by atoms with van der Waals surface area (Å²) in [5, 5.41) is 3.27. The standard InChI is InChI=1S/C27H33N3O3/c1-33-25-10-8-24(9-11-25)29-19-15-23(16-20-29)28-27(32)22-13-17-30(18-14-22)26(31)12-7-21-5-3-2-4-6-21/h2-12,22-23H,13-20H2,1H3,(H,28,32)/b12-7+. The largest absolute Gasteiger partial charge is 0.497 e. The van der Waals surface area contributed by atoms with Crippen LogP contribution in [0.4, 0.5) is 5.69 Å². The van der Waals surface area contributed by atoms with Crippen LogP contribution in [-0.2, 0) is 9.59 Å². The molecule has 2 heterocycles. The van der Waals surface area contributed by atoms with Gasteiger partial charge in [-0.05, 0) is 61.6 Å². The predicted molar refractivity (Wildman–Crippen MR) is 131 cm³/mol. The summed E-state index contributed by atoms with van der Waals surface area (Å²) in [6, 6.07) is 18.2. The van der Waals surface area contributed by atoms with Crippen molar-refractivity contribution in [2.75, 3.05) is 38.2 Å². The first-order valence-electron chi connectivity index (χ1n) is 11.8.